The molecule has 6 heteroatoms. The third-order valence-corrected chi connectivity index (χ3v) is 1.88. The van der Waals surface area contributed by atoms with E-state index in [1.807, 2.05) is 0 Å². The molecule has 0 atom stereocenters. The standard InChI is InChI=1S/C11H9F3O3/c1-17-10(16)3-2-7-4-8(11(12,13)14)6-9(15)5-7/h2-6,15H,1H3. The average molecular weight is 246 g/mol. The molecular formula is C11H9F3O3. The number of ether oxygens (including phenoxy) is 1. The Labute approximate surface area is 95.1 Å². The maximum atomic E-state index is 12.4. The third kappa shape index (κ3) is 3.82. The average Bonchev–Trinajstić information content (AvgIpc) is 2.24. The van der Waals surface area contributed by atoms with Gasteiger partial charge in [0.2, 0.25) is 0 Å². The van der Waals surface area contributed by atoms with Gasteiger partial charge in [-0.05, 0) is 29.8 Å². The van der Waals surface area contributed by atoms with Crippen molar-refractivity contribution in [2.24, 2.45) is 0 Å². The molecule has 0 saturated carbocycles. The molecule has 0 aliphatic carbocycles. The van der Waals surface area contributed by atoms with E-state index in [-0.39, 0.29) is 5.56 Å². The Morgan fingerprint density at radius 3 is 2.53 bits per heavy atom. The Morgan fingerprint density at radius 2 is 2.00 bits per heavy atom. The van der Waals surface area contributed by atoms with Gasteiger partial charge in [-0.25, -0.2) is 4.79 Å². The number of aromatic hydroxyl groups is 1. The fourth-order valence-electron chi connectivity index (χ4n) is 1.13. The number of carbonyl (C=O) groups excluding carboxylic acids is 1. The van der Waals surface area contributed by atoms with Gasteiger partial charge in [0.1, 0.15) is 5.75 Å². The zero-order valence-electron chi connectivity index (χ0n) is 8.78. The highest BCUT2D eigenvalue weighted by molar-refractivity contribution is 5.87. The van der Waals surface area contributed by atoms with Gasteiger partial charge in [0, 0.05) is 6.08 Å². The van der Waals surface area contributed by atoms with Crippen LogP contribution < -0.4 is 0 Å². The van der Waals surface area contributed by atoms with Crippen LogP contribution in [0.5, 0.6) is 5.75 Å². The topological polar surface area (TPSA) is 46.5 Å². The van der Waals surface area contributed by atoms with E-state index in [1.54, 1.807) is 0 Å². The predicted molar refractivity (Wildman–Crippen MR) is 54.2 cm³/mol. The lowest BCUT2D eigenvalue weighted by atomic mass is 10.1. The Balaban J connectivity index is 3.06. The minimum absolute atomic E-state index is 0.0581. The fourth-order valence-corrected chi connectivity index (χ4v) is 1.13. The third-order valence-electron chi connectivity index (χ3n) is 1.88. The molecule has 0 unspecified atom stereocenters. The molecule has 0 aliphatic heterocycles. The monoisotopic (exact) mass is 246 g/mol. The summed E-state index contributed by atoms with van der Waals surface area (Å²) in [5.74, 6) is -1.22. The van der Waals surface area contributed by atoms with Crippen molar-refractivity contribution >= 4 is 12.0 Å². The zero-order valence-corrected chi connectivity index (χ0v) is 8.78. The Hall–Kier alpha value is -1.98. The van der Waals surface area contributed by atoms with Gasteiger partial charge in [0.05, 0.1) is 12.7 Å². The van der Waals surface area contributed by atoms with Crippen LogP contribution in [0.15, 0.2) is 24.3 Å². The molecule has 1 N–H and O–H groups in total. The number of hydrogen-bond donors (Lipinski definition) is 1. The Kier molecular flexibility index (Phi) is 3.77. The van der Waals surface area contributed by atoms with Crippen molar-refractivity contribution < 1.29 is 27.8 Å². The number of esters is 1. The first-order valence-electron chi connectivity index (χ1n) is 4.50. The minimum atomic E-state index is -4.55. The highest BCUT2D eigenvalue weighted by Crippen LogP contribution is 2.32. The van der Waals surface area contributed by atoms with Gasteiger partial charge in [-0.1, -0.05) is 0 Å². The van der Waals surface area contributed by atoms with Gasteiger partial charge >= 0.3 is 12.1 Å². The summed E-state index contributed by atoms with van der Waals surface area (Å²) in [5.41, 5.74) is -0.926. The second kappa shape index (κ2) is 4.90. The van der Waals surface area contributed by atoms with Crippen molar-refractivity contribution in [3.63, 3.8) is 0 Å². The number of methoxy groups -OCH3 is 1. The summed E-state index contributed by atoms with van der Waals surface area (Å²) >= 11 is 0. The molecule has 0 saturated heterocycles. The number of halogens is 3. The summed E-state index contributed by atoms with van der Waals surface area (Å²) < 4.78 is 41.4. The van der Waals surface area contributed by atoms with E-state index in [9.17, 15) is 18.0 Å². The molecule has 0 radical (unpaired) electrons. The molecule has 0 aliphatic rings. The highest BCUT2D eigenvalue weighted by Gasteiger charge is 2.31. The molecular weight excluding hydrogens is 237 g/mol. The van der Waals surface area contributed by atoms with Crippen LogP contribution in [-0.2, 0) is 15.7 Å². The van der Waals surface area contributed by atoms with Gasteiger partial charge < -0.3 is 9.84 Å². The lowest BCUT2D eigenvalue weighted by Crippen LogP contribution is -2.04. The van der Waals surface area contributed by atoms with Gasteiger partial charge in [-0.3, -0.25) is 0 Å². The highest BCUT2D eigenvalue weighted by atomic mass is 19.4. The second-order valence-corrected chi connectivity index (χ2v) is 3.17. The number of rotatable bonds is 2. The van der Waals surface area contributed by atoms with Crippen molar-refractivity contribution in [2.75, 3.05) is 7.11 Å². The molecule has 0 amide bonds. The van der Waals surface area contributed by atoms with Gasteiger partial charge in [-0.2, -0.15) is 13.2 Å². The lowest BCUT2D eigenvalue weighted by molar-refractivity contribution is -0.137. The first-order chi connectivity index (χ1) is 7.82. The van der Waals surface area contributed by atoms with Crippen molar-refractivity contribution in [3.05, 3.63) is 35.4 Å². The largest absolute Gasteiger partial charge is 0.508 e. The summed E-state index contributed by atoms with van der Waals surface area (Å²) in [7, 11) is 1.15. The van der Waals surface area contributed by atoms with E-state index in [2.05, 4.69) is 4.74 Å². The molecule has 1 aromatic carbocycles. The fraction of sp³-hybridized carbons (Fsp3) is 0.182. The first kappa shape index (κ1) is 13.1. The van der Waals surface area contributed by atoms with E-state index >= 15 is 0 Å². The molecule has 92 valence electrons. The van der Waals surface area contributed by atoms with Crippen molar-refractivity contribution in [3.8, 4) is 5.75 Å². The number of alkyl halides is 3. The maximum absolute atomic E-state index is 12.4. The van der Waals surface area contributed by atoms with Gasteiger partial charge in [0.25, 0.3) is 0 Å². The predicted octanol–water partition coefficient (Wildman–Crippen LogP) is 2.60. The van der Waals surface area contributed by atoms with E-state index < -0.39 is 23.5 Å². The van der Waals surface area contributed by atoms with Crippen LogP contribution in [0.3, 0.4) is 0 Å². The molecule has 1 rings (SSSR count). The Morgan fingerprint density at radius 1 is 1.35 bits per heavy atom. The van der Waals surface area contributed by atoms with Crippen LogP contribution >= 0.6 is 0 Å². The zero-order chi connectivity index (χ0) is 13.1. The van der Waals surface area contributed by atoms with E-state index in [0.29, 0.717) is 6.07 Å². The smallest absolute Gasteiger partial charge is 0.416 e. The van der Waals surface area contributed by atoms with Crippen LogP contribution in [0.4, 0.5) is 13.2 Å². The van der Waals surface area contributed by atoms with E-state index in [1.165, 1.54) is 0 Å². The molecule has 17 heavy (non-hydrogen) atoms. The number of carbonyl (C=O) groups is 1. The summed E-state index contributed by atoms with van der Waals surface area (Å²) in [4.78, 5) is 10.8. The molecule has 0 fully saturated rings. The summed E-state index contributed by atoms with van der Waals surface area (Å²) in [6, 6.07) is 2.53. The molecule has 0 heterocycles. The molecule has 0 aromatic heterocycles. The molecule has 0 bridgehead atoms. The molecule has 0 spiro atoms. The SMILES string of the molecule is COC(=O)C=Cc1cc(O)cc(C(F)(F)F)c1. The van der Waals surface area contributed by atoms with Crippen molar-refractivity contribution in [1.82, 2.24) is 0 Å². The first-order valence-corrected chi connectivity index (χ1v) is 4.50. The van der Waals surface area contributed by atoms with Gasteiger partial charge in [-0.15, -0.1) is 0 Å². The summed E-state index contributed by atoms with van der Waals surface area (Å²) in [6.07, 6.45) is -2.46. The summed E-state index contributed by atoms with van der Waals surface area (Å²) in [5, 5.41) is 9.13. The second-order valence-electron chi connectivity index (χ2n) is 3.17. The van der Waals surface area contributed by atoms with Crippen molar-refractivity contribution in [1.29, 1.82) is 0 Å². The number of benzene rings is 1. The normalized spacial score (nSPS) is 11.8. The molecule has 3 nitrogen and oxygen atoms in total. The Bertz CT molecular complexity index is 450. The van der Waals surface area contributed by atoms with Crippen LogP contribution in [0.1, 0.15) is 11.1 Å². The number of phenols is 1. The number of hydrogen-bond acceptors (Lipinski definition) is 3. The molecule has 1 aromatic rings. The quantitative estimate of drug-likeness (QED) is 0.644. The van der Waals surface area contributed by atoms with E-state index in [0.717, 1.165) is 31.4 Å². The number of phenolic OH excluding ortho intramolecular Hbond substituents is 1. The van der Waals surface area contributed by atoms with Crippen molar-refractivity contribution in [2.45, 2.75) is 6.18 Å². The van der Waals surface area contributed by atoms with Crippen LogP contribution in [0.25, 0.3) is 6.08 Å². The van der Waals surface area contributed by atoms with Crippen LogP contribution in [0, 0.1) is 0 Å². The van der Waals surface area contributed by atoms with Gasteiger partial charge in [0.15, 0.2) is 0 Å². The summed E-state index contributed by atoms with van der Waals surface area (Å²) in [6.45, 7) is 0. The minimum Gasteiger partial charge on any atom is -0.508 e. The van der Waals surface area contributed by atoms with E-state index in [4.69, 9.17) is 5.11 Å². The van der Waals surface area contributed by atoms with Crippen LogP contribution in [0.2, 0.25) is 0 Å². The lowest BCUT2D eigenvalue weighted by Gasteiger charge is -2.07. The maximum Gasteiger partial charge on any atom is 0.416 e. The van der Waals surface area contributed by atoms with Crippen LogP contribution in [-0.4, -0.2) is 18.2 Å².